The van der Waals surface area contributed by atoms with Crippen molar-refractivity contribution in [1.29, 1.82) is 0 Å². The Labute approximate surface area is 210 Å². The molecule has 188 valence electrons. The fourth-order valence-corrected chi connectivity index (χ4v) is 4.35. The number of hydrogen-bond acceptors (Lipinski definition) is 6. The summed E-state index contributed by atoms with van der Waals surface area (Å²) in [6.07, 6.45) is 1.87. The SMILES string of the molecule is COc1ccc(C(CC(=O)NCCc2nc3ccc(F)cc3[nH]2)c2c(O)nc3ccccn3c2=O)cc1. The Balaban J connectivity index is 1.38. The molecule has 5 aromatic rings. The van der Waals surface area contributed by atoms with E-state index >= 15 is 0 Å². The number of aromatic amines is 1. The largest absolute Gasteiger partial charge is 0.497 e. The van der Waals surface area contributed by atoms with Crippen molar-refractivity contribution in [2.75, 3.05) is 13.7 Å². The molecule has 2 aromatic carbocycles. The smallest absolute Gasteiger partial charge is 0.265 e. The predicted molar refractivity (Wildman–Crippen MR) is 135 cm³/mol. The third kappa shape index (κ3) is 4.99. The Morgan fingerprint density at radius 3 is 2.76 bits per heavy atom. The molecule has 3 heterocycles. The van der Waals surface area contributed by atoms with Crippen LogP contribution in [0.1, 0.15) is 29.3 Å². The Kier molecular flexibility index (Phi) is 6.55. The number of ether oxygens (including phenoxy) is 1. The van der Waals surface area contributed by atoms with Crippen molar-refractivity contribution in [3.05, 3.63) is 100.0 Å². The number of rotatable bonds is 8. The number of fused-ring (bicyclic) bond motifs is 2. The average Bonchev–Trinajstić information content (AvgIpc) is 3.30. The highest BCUT2D eigenvalue weighted by molar-refractivity contribution is 5.78. The molecule has 0 bridgehead atoms. The molecule has 0 saturated carbocycles. The lowest BCUT2D eigenvalue weighted by atomic mass is 9.89. The van der Waals surface area contributed by atoms with E-state index in [0.29, 0.717) is 40.2 Å². The van der Waals surface area contributed by atoms with Crippen molar-refractivity contribution in [3.8, 4) is 11.6 Å². The Morgan fingerprint density at radius 1 is 1.16 bits per heavy atom. The van der Waals surface area contributed by atoms with E-state index in [-0.39, 0.29) is 30.3 Å². The van der Waals surface area contributed by atoms with Crippen molar-refractivity contribution in [2.24, 2.45) is 0 Å². The van der Waals surface area contributed by atoms with Crippen LogP contribution in [0, 0.1) is 5.82 Å². The van der Waals surface area contributed by atoms with E-state index in [1.807, 2.05) is 0 Å². The minimum Gasteiger partial charge on any atom is -0.497 e. The number of halogens is 1. The summed E-state index contributed by atoms with van der Waals surface area (Å²) in [7, 11) is 1.55. The monoisotopic (exact) mass is 501 g/mol. The maximum absolute atomic E-state index is 13.4. The molecule has 0 fully saturated rings. The molecular weight excluding hydrogens is 477 g/mol. The number of nitrogens with one attached hydrogen (secondary N) is 2. The fraction of sp³-hybridized carbons (Fsp3) is 0.185. The molecule has 0 aliphatic heterocycles. The summed E-state index contributed by atoms with van der Waals surface area (Å²) in [4.78, 5) is 38.0. The average molecular weight is 502 g/mol. The molecular formula is C27H24FN5O4. The maximum atomic E-state index is 13.4. The summed E-state index contributed by atoms with van der Waals surface area (Å²) in [6, 6.07) is 16.3. The lowest BCUT2D eigenvalue weighted by molar-refractivity contribution is -0.121. The molecule has 1 amide bonds. The zero-order valence-corrected chi connectivity index (χ0v) is 19.9. The lowest BCUT2D eigenvalue weighted by Gasteiger charge is -2.19. The van der Waals surface area contributed by atoms with Crippen LogP contribution >= 0.6 is 0 Å². The Bertz CT molecular complexity index is 1650. The standard InChI is InChI=1S/C27H24FN5O4/c1-37-18-8-5-16(6-9-18)19(25-26(35)32-23-4-2-3-13-33(23)27(25)36)15-24(34)29-12-11-22-30-20-10-7-17(28)14-21(20)31-22/h2-10,13-14,19,35H,11-12,15H2,1H3,(H,29,34)(H,30,31). The van der Waals surface area contributed by atoms with Gasteiger partial charge in [0.05, 0.1) is 23.7 Å². The van der Waals surface area contributed by atoms with Gasteiger partial charge in [-0.15, -0.1) is 0 Å². The van der Waals surface area contributed by atoms with Crippen molar-refractivity contribution in [3.63, 3.8) is 0 Å². The first-order valence-corrected chi connectivity index (χ1v) is 11.7. The van der Waals surface area contributed by atoms with E-state index in [9.17, 15) is 19.1 Å². The van der Waals surface area contributed by atoms with Crippen molar-refractivity contribution < 1.29 is 19.0 Å². The van der Waals surface area contributed by atoms with Crippen LogP contribution in [0.4, 0.5) is 4.39 Å². The van der Waals surface area contributed by atoms with Crippen LogP contribution in [0.3, 0.4) is 0 Å². The van der Waals surface area contributed by atoms with Gasteiger partial charge in [-0.25, -0.2) is 9.37 Å². The first kappa shape index (κ1) is 24.0. The number of aromatic hydroxyl groups is 1. The second kappa shape index (κ2) is 10.1. The molecule has 0 aliphatic rings. The van der Waals surface area contributed by atoms with Crippen LogP contribution in [-0.2, 0) is 11.2 Å². The van der Waals surface area contributed by atoms with Gasteiger partial charge < -0.3 is 20.1 Å². The van der Waals surface area contributed by atoms with E-state index in [2.05, 4.69) is 20.3 Å². The quantitative estimate of drug-likeness (QED) is 0.300. The number of H-pyrrole nitrogens is 1. The lowest BCUT2D eigenvalue weighted by Crippen LogP contribution is -2.30. The van der Waals surface area contributed by atoms with E-state index in [4.69, 9.17) is 4.74 Å². The van der Waals surface area contributed by atoms with Crippen molar-refractivity contribution >= 4 is 22.6 Å². The highest BCUT2D eigenvalue weighted by atomic mass is 19.1. The number of benzene rings is 2. The number of amides is 1. The number of aromatic nitrogens is 4. The van der Waals surface area contributed by atoms with Gasteiger partial charge in [0, 0.05) is 31.5 Å². The maximum Gasteiger partial charge on any atom is 0.265 e. The predicted octanol–water partition coefficient (Wildman–Crippen LogP) is 3.31. The fourth-order valence-electron chi connectivity index (χ4n) is 4.35. The molecule has 3 N–H and O–H groups in total. The van der Waals surface area contributed by atoms with Crippen LogP contribution < -0.4 is 15.6 Å². The minimum atomic E-state index is -0.753. The number of pyridine rings is 1. The summed E-state index contributed by atoms with van der Waals surface area (Å²) in [5.41, 5.74) is 1.76. The molecule has 1 atom stereocenters. The third-order valence-corrected chi connectivity index (χ3v) is 6.18. The zero-order chi connectivity index (χ0) is 25.9. The zero-order valence-electron chi connectivity index (χ0n) is 19.9. The van der Waals surface area contributed by atoms with Gasteiger partial charge in [0.15, 0.2) is 0 Å². The molecule has 0 aliphatic carbocycles. The number of imidazole rings is 1. The Morgan fingerprint density at radius 2 is 1.97 bits per heavy atom. The highest BCUT2D eigenvalue weighted by Gasteiger charge is 2.26. The van der Waals surface area contributed by atoms with Gasteiger partial charge in [0.25, 0.3) is 5.56 Å². The molecule has 0 spiro atoms. The second-order valence-electron chi connectivity index (χ2n) is 8.56. The van der Waals surface area contributed by atoms with Crippen LogP contribution in [0.5, 0.6) is 11.6 Å². The molecule has 0 radical (unpaired) electrons. The van der Waals surface area contributed by atoms with Gasteiger partial charge >= 0.3 is 0 Å². The third-order valence-electron chi connectivity index (χ3n) is 6.18. The van der Waals surface area contributed by atoms with Crippen LogP contribution in [0.2, 0.25) is 0 Å². The summed E-state index contributed by atoms with van der Waals surface area (Å²) in [5.74, 6) is -0.614. The van der Waals surface area contributed by atoms with Gasteiger partial charge in [-0.05, 0) is 48.0 Å². The first-order valence-electron chi connectivity index (χ1n) is 11.7. The molecule has 10 heteroatoms. The summed E-state index contributed by atoms with van der Waals surface area (Å²) in [6.45, 7) is 0.275. The van der Waals surface area contributed by atoms with Crippen LogP contribution in [-0.4, -0.2) is 44.0 Å². The summed E-state index contributed by atoms with van der Waals surface area (Å²) >= 11 is 0. The van der Waals surface area contributed by atoms with E-state index in [1.165, 1.54) is 16.5 Å². The van der Waals surface area contributed by atoms with E-state index < -0.39 is 17.4 Å². The second-order valence-corrected chi connectivity index (χ2v) is 8.56. The summed E-state index contributed by atoms with van der Waals surface area (Å²) in [5, 5.41) is 13.6. The molecule has 9 nitrogen and oxygen atoms in total. The summed E-state index contributed by atoms with van der Waals surface area (Å²) < 4.78 is 20.0. The van der Waals surface area contributed by atoms with Gasteiger partial charge in [-0.2, -0.15) is 4.98 Å². The number of nitrogens with zero attached hydrogens (tertiary/aromatic N) is 3. The normalized spacial score (nSPS) is 12.1. The van der Waals surface area contributed by atoms with Crippen LogP contribution in [0.25, 0.3) is 16.7 Å². The minimum absolute atomic E-state index is 0.0309. The van der Waals surface area contributed by atoms with Crippen LogP contribution in [0.15, 0.2) is 71.7 Å². The highest BCUT2D eigenvalue weighted by Crippen LogP contribution is 2.32. The van der Waals surface area contributed by atoms with Crippen molar-refractivity contribution in [2.45, 2.75) is 18.8 Å². The van der Waals surface area contributed by atoms with Gasteiger partial charge in [0.1, 0.15) is 23.0 Å². The molecule has 37 heavy (non-hydrogen) atoms. The molecule has 1 unspecified atom stereocenters. The molecule has 5 rings (SSSR count). The van der Waals surface area contributed by atoms with Gasteiger partial charge in [-0.1, -0.05) is 18.2 Å². The number of methoxy groups -OCH3 is 1. The topological polar surface area (TPSA) is 122 Å². The van der Waals surface area contributed by atoms with Crippen molar-refractivity contribution in [1.82, 2.24) is 24.7 Å². The molecule has 0 saturated heterocycles. The number of carbonyl (C=O) groups excluding carboxylic acids is 1. The number of hydrogen-bond donors (Lipinski definition) is 3. The van der Waals surface area contributed by atoms with Gasteiger partial charge in [-0.3, -0.25) is 14.0 Å². The van der Waals surface area contributed by atoms with Gasteiger partial charge in [0.2, 0.25) is 11.8 Å². The Hall–Kier alpha value is -4.73. The van der Waals surface area contributed by atoms with E-state index in [1.54, 1.807) is 61.8 Å². The number of carbonyl (C=O) groups is 1. The molecule has 3 aromatic heterocycles. The first-order chi connectivity index (χ1) is 17.9. The van der Waals surface area contributed by atoms with E-state index in [0.717, 1.165) is 0 Å².